The van der Waals surface area contributed by atoms with Gasteiger partial charge in [0.2, 0.25) is 0 Å². The van der Waals surface area contributed by atoms with Crippen LogP contribution >= 0.6 is 23.2 Å². The number of halogens is 2. The molecule has 0 aliphatic carbocycles. The van der Waals surface area contributed by atoms with Crippen LogP contribution in [0.5, 0.6) is 5.75 Å². The molecule has 8 heteroatoms. The number of hydrogen-bond donors (Lipinski definition) is 3. The average Bonchev–Trinajstić information content (AvgIpc) is 2.06. The first-order chi connectivity index (χ1) is 6.25. The first-order valence-corrected chi connectivity index (χ1v) is 5.38. The Morgan fingerprint density at radius 3 is 2.29 bits per heavy atom. The summed E-state index contributed by atoms with van der Waals surface area (Å²) in [4.78, 5) is -0.639. The van der Waals surface area contributed by atoms with Gasteiger partial charge in [-0.15, -0.1) is 0 Å². The van der Waals surface area contributed by atoms with Crippen molar-refractivity contribution in [2.75, 3.05) is 5.73 Å². The van der Waals surface area contributed by atoms with Crippen LogP contribution < -0.4 is 5.73 Å². The average molecular weight is 258 g/mol. The fraction of sp³-hybridized carbons (Fsp3) is 0. The van der Waals surface area contributed by atoms with E-state index in [1.165, 1.54) is 0 Å². The number of aromatic hydroxyl groups is 1. The molecule has 0 saturated heterocycles. The molecule has 0 radical (unpaired) electrons. The molecule has 0 fully saturated rings. The van der Waals surface area contributed by atoms with E-state index in [1.54, 1.807) is 0 Å². The monoisotopic (exact) mass is 257 g/mol. The smallest absolute Gasteiger partial charge is 0.296 e. The third-order valence-corrected chi connectivity index (χ3v) is 3.16. The molecule has 0 atom stereocenters. The fourth-order valence-corrected chi connectivity index (χ4v) is 2.12. The molecule has 0 aromatic heterocycles. The molecule has 1 aromatic rings. The van der Waals surface area contributed by atoms with Gasteiger partial charge in [0.25, 0.3) is 10.1 Å². The summed E-state index contributed by atoms with van der Waals surface area (Å²) in [7, 11) is -4.50. The van der Waals surface area contributed by atoms with Gasteiger partial charge in [-0.05, 0) is 6.07 Å². The summed E-state index contributed by atoms with van der Waals surface area (Å²) in [6.45, 7) is 0. The Morgan fingerprint density at radius 1 is 1.36 bits per heavy atom. The molecule has 1 aromatic carbocycles. The number of nitrogens with two attached hydrogens (primary N) is 1. The third-order valence-electron chi connectivity index (χ3n) is 1.47. The van der Waals surface area contributed by atoms with Gasteiger partial charge in [0, 0.05) is 0 Å². The van der Waals surface area contributed by atoms with Crippen molar-refractivity contribution in [1.29, 1.82) is 0 Å². The lowest BCUT2D eigenvalue weighted by molar-refractivity contribution is 0.475. The van der Waals surface area contributed by atoms with E-state index in [2.05, 4.69) is 0 Å². The highest BCUT2D eigenvalue weighted by atomic mass is 35.5. The van der Waals surface area contributed by atoms with Gasteiger partial charge >= 0.3 is 0 Å². The molecular weight excluding hydrogens is 253 g/mol. The molecule has 0 bridgehead atoms. The second-order valence-electron chi connectivity index (χ2n) is 2.41. The Labute approximate surface area is 89.8 Å². The maximum absolute atomic E-state index is 10.7. The Kier molecular flexibility index (Phi) is 2.82. The number of phenols is 1. The highest BCUT2D eigenvalue weighted by Gasteiger charge is 2.21. The van der Waals surface area contributed by atoms with Crippen LogP contribution in [0.1, 0.15) is 0 Å². The summed E-state index contributed by atoms with van der Waals surface area (Å²) in [5, 5.41) is 8.39. The predicted octanol–water partition coefficient (Wildman–Crippen LogP) is 1.53. The molecule has 78 valence electrons. The van der Waals surface area contributed by atoms with E-state index in [1.807, 2.05) is 0 Å². The van der Waals surface area contributed by atoms with Crippen molar-refractivity contribution in [1.82, 2.24) is 0 Å². The van der Waals surface area contributed by atoms with Gasteiger partial charge in [0.05, 0.1) is 15.7 Å². The number of phenolic OH excluding ortho intramolecular Hbond substituents is 1. The zero-order valence-electron chi connectivity index (χ0n) is 6.53. The van der Waals surface area contributed by atoms with Crippen molar-refractivity contribution in [2.45, 2.75) is 4.90 Å². The van der Waals surface area contributed by atoms with Crippen LogP contribution in [-0.4, -0.2) is 18.1 Å². The maximum Gasteiger partial charge on any atom is 0.296 e. The van der Waals surface area contributed by atoms with Crippen LogP contribution in [0, 0.1) is 0 Å². The lowest BCUT2D eigenvalue weighted by atomic mass is 10.3. The summed E-state index contributed by atoms with van der Waals surface area (Å²) >= 11 is 10.9. The summed E-state index contributed by atoms with van der Waals surface area (Å²) in [6.07, 6.45) is 0. The first kappa shape index (κ1) is 11.4. The van der Waals surface area contributed by atoms with Crippen LogP contribution in [0.2, 0.25) is 10.0 Å². The number of rotatable bonds is 1. The van der Waals surface area contributed by atoms with E-state index in [0.717, 1.165) is 6.07 Å². The zero-order valence-corrected chi connectivity index (χ0v) is 8.86. The second kappa shape index (κ2) is 3.47. The Bertz CT molecular complexity index is 485. The minimum Gasteiger partial charge on any atom is -0.504 e. The Hall–Kier alpha value is -0.690. The Morgan fingerprint density at radius 2 is 1.86 bits per heavy atom. The second-order valence-corrected chi connectivity index (χ2v) is 4.58. The molecule has 14 heavy (non-hydrogen) atoms. The van der Waals surface area contributed by atoms with E-state index >= 15 is 0 Å². The van der Waals surface area contributed by atoms with Gasteiger partial charge in [-0.1, -0.05) is 23.2 Å². The molecule has 0 aliphatic heterocycles. The summed E-state index contributed by atoms with van der Waals surface area (Å²) in [6, 6.07) is 0.810. The molecule has 1 rings (SSSR count). The topological polar surface area (TPSA) is 101 Å². The third kappa shape index (κ3) is 1.88. The highest BCUT2D eigenvalue weighted by molar-refractivity contribution is 7.86. The van der Waals surface area contributed by atoms with Crippen molar-refractivity contribution >= 4 is 39.0 Å². The van der Waals surface area contributed by atoms with Gasteiger partial charge in [0.15, 0.2) is 5.75 Å². The molecule has 0 aliphatic rings. The van der Waals surface area contributed by atoms with Crippen LogP contribution in [0.15, 0.2) is 11.0 Å². The molecule has 0 unspecified atom stereocenters. The van der Waals surface area contributed by atoms with E-state index in [-0.39, 0.29) is 5.02 Å². The largest absolute Gasteiger partial charge is 0.504 e. The van der Waals surface area contributed by atoms with Crippen LogP contribution in [0.25, 0.3) is 0 Å². The standard InChI is InChI=1S/C6H5Cl2NO4S/c7-2-1-3(14(11,12)13)4(8)5(9)6(2)10/h1,10H,9H2,(H,11,12,13). The maximum atomic E-state index is 10.7. The van der Waals surface area contributed by atoms with Crippen molar-refractivity contribution in [2.24, 2.45) is 0 Å². The lowest BCUT2D eigenvalue weighted by Crippen LogP contribution is -2.01. The minimum absolute atomic E-state index is 0.306. The SMILES string of the molecule is Nc1c(O)c(Cl)cc(S(=O)(=O)O)c1Cl. The van der Waals surface area contributed by atoms with E-state index in [4.69, 9.17) is 38.6 Å². The lowest BCUT2D eigenvalue weighted by Gasteiger charge is -2.07. The molecule has 5 nitrogen and oxygen atoms in total. The van der Waals surface area contributed by atoms with E-state index in [0.29, 0.717) is 0 Å². The molecule has 0 heterocycles. The zero-order chi connectivity index (χ0) is 11.1. The summed E-state index contributed by atoms with van der Waals surface area (Å²) < 4.78 is 30.2. The van der Waals surface area contributed by atoms with Crippen molar-refractivity contribution in [3.8, 4) is 5.75 Å². The van der Waals surface area contributed by atoms with Crippen LogP contribution in [0.3, 0.4) is 0 Å². The molecule has 0 spiro atoms. The highest BCUT2D eigenvalue weighted by Crippen LogP contribution is 2.39. The van der Waals surface area contributed by atoms with Gasteiger partial charge in [-0.25, -0.2) is 0 Å². The van der Waals surface area contributed by atoms with Gasteiger partial charge in [-0.2, -0.15) is 8.42 Å². The molecule has 0 amide bonds. The fourth-order valence-electron chi connectivity index (χ4n) is 0.800. The van der Waals surface area contributed by atoms with Crippen LogP contribution in [-0.2, 0) is 10.1 Å². The minimum atomic E-state index is -4.50. The number of nitrogen functional groups attached to an aromatic ring is 1. The molecular formula is C6H5Cl2NO4S. The predicted molar refractivity (Wildman–Crippen MR) is 52.4 cm³/mol. The summed E-state index contributed by atoms with van der Waals surface area (Å²) in [5.74, 6) is -0.524. The quantitative estimate of drug-likeness (QED) is 0.403. The normalized spacial score (nSPS) is 11.6. The van der Waals surface area contributed by atoms with E-state index in [9.17, 15) is 8.42 Å². The number of benzene rings is 1. The van der Waals surface area contributed by atoms with Gasteiger partial charge in [-0.3, -0.25) is 4.55 Å². The Balaban J connectivity index is 3.66. The van der Waals surface area contributed by atoms with Crippen molar-refractivity contribution < 1.29 is 18.1 Å². The van der Waals surface area contributed by atoms with Crippen molar-refractivity contribution in [3.05, 3.63) is 16.1 Å². The van der Waals surface area contributed by atoms with Gasteiger partial charge < -0.3 is 10.8 Å². The van der Waals surface area contributed by atoms with Crippen molar-refractivity contribution in [3.63, 3.8) is 0 Å². The number of hydrogen-bond acceptors (Lipinski definition) is 4. The molecule has 4 N–H and O–H groups in total. The van der Waals surface area contributed by atoms with Crippen LogP contribution in [0.4, 0.5) is 5.69 Å². The van der Waals surface area contributed by atoms with Gasteiger partial charge in [0.1, 0.15) is 4.90 Å². The molecule has 0 saturated carbocycles. The first-order valence-electron chi connectivity index (χ1n) is 3.19. The number of anilines is 1. The summed E-state index contributed by atoms with van der Waals surface area (Å²) in [5.41, 5.74) is 4.84. The van der Waals surface area contributed by atoms with E-state index < -0.39 is 31.5 Å².